The van der Waals surface area contributed by atoms with E-state index in [-0.39, 0.29) is 0 Å². The first-order chi connectivity index (χ1) is 4.20. The van der Waals surface area contributed by atoms with Crippen molar-refractivity contribution >= 4 is 15.9 Å². The third-order valence-corrected chi connectivity index (χ3v) is 1.20. The normalized spacial score (nSPS) is 10.7. The zero-order chi connectivity index (χ0) is 6.85. The molecule has 0 fully saturated rings. The Hall–Kier alpha value is -0.450. The molecule has 1 aromatic heterocycles. The van der Waals surface area contributed by atoms with Crippen LogP contribution in [0, 0.1) is 0 Å². The lowest BCUT2D eigenvalue weighted by molar-refractivity contribution is 0.0563. The third kappa shape index (κ3) is 1.48. The minimum Gasteiger partial charge on any atom is -0.211 e. The van der Waals surface area contributed by atoms with Gasteiger partial charge in [-0.1, -0.05) is 0 Å². The van der Waals surface area contributed by atoms with Crippen molar-refractivity contribution in [3.63, 3.8) is 0 Å². The van der Waals surface area contributed by atoms with Crippen molar-refractivity contribution in [2.75, 3.05) is 0 Å². The van der Waals surface area contributed by atoms with Crippen LogP contribution in [-0.2, 0) is 0 Å². The summed E-state index contributed by atoms with van der Waals surface area (Å²) in [5.74, 6) is 0. The minimum atomic E-state index is -2.55. The number of hydrogen-bond donors (Lipinski definition) is 0. The Morgan fingerprint density at radius 3 is 2.56 bits per heavy atom. The average Bonchev–Trinajstić information content (AvgIpc) is 2.14. The van der Waals surface area contributed by atoms with E-state index in [1.165, 1.54) is 12.3 Å². The van der Waals surface area contributed by atoms with E-state index < -0.39 is 6.55 Å². The van der Waals surface area contributed by atoms with Gasteiger partial charge in [-0.2, -0.15) is 13.9 Å². The van der Waals surface area contributed by atoms with Gasteiger partial charge in [0.25, 0.3) is 0 Å². The fourth-order valence-electron chi connectivity index (χ4n) is 0.424. The monoisotopic (exact) mass is 196 g/mol. The van der Waals surface area contributed by atoms with Crippen LogP contribution in [0.2, 0.25) is 0 Å². The Labute approximate surface area is 58.6 Å². The van der Waals surface area contributed by atoms with Crippen LogP contribution in [0.25, 0.3) is 0 Å². The van der Waals surface area contributed by atoms with E-state index in [4.69, 9.17) is 0 Å². The molecule has 0 aliphatic rings. The molecule has 0 aliphatic carbocycles. The summed E-state index contributed by atoms with van der Waals surface area (Å²) in [6.45, 7) is -2.55. The molecule has 5 heteroatoms. The molecule has 2 nitrogen and oxygen atoms in total. The highest BCUT2D eigenvalue weighted by Gasteiger charge is 2.04. The van der Waals surface area contributed by atoms with Crippen LogP contribution in [0.15, 0.2) is 16.9 Å². The van der Waals surface area contributed by atoms with E-state index in [0.717, 1.165) is 0 Å². The van der Waals surface area contributed by atoms with Crippen LogP contribution in [0.5, 0.6) is 0 Å². The van der Waals surface area contributed by atoms with Gasteiger partial charge in [0.15, 0.2) is 0 Å². The molecule has 1 heterocycles. The summed E-state index contributed by atoms with van der Waals surface area (Å²) in [6, 6.07) is 1.45. The van der Waals surface area contributed by atoms with Crippen molar-refractivity contribution in [1.29, 1.82) is 0 Å². The average molecular weight is 197 g/mol. The van der Waals surface area contributed by atoms with E-state index in [1.54, 1.807) is 0 Å². The first kappa shape index (κ1) is 6.67. The van der Waals surface area contributed by atoms with Crippen LogP contribution >= 0.6 is 15.9 Å². The van der Waals surface area contributed by atoms with Crippen molar-refractivity contribution in [2.24, 2.45) is 0 Å². The Kier molecular flexibility index (Phi) is 1.80. The number of halogens is 3. The molecule has 0 atom stereocenters. The van der Waals surface area contributed by atoms with E-state index in [1.807, 2.05) is 0 Å². The lowest BCUT2D eigenvalue weighted by Gasteiger charge is -1.94. The first-order valence-electron chi connectivity index (χ1n) is 2.19. The van der Waals surface area contributed by atoms with E-state index >= 15 is 0 Å². The minimum absolute atomic E-state index is 0.419. The van der Waals surface area contributed by atoms with Gasteiger partial charge in [0.2, 0.25) is 0 Å². The summed E-state index contributed by atoms with van der Waals surface area (Å²) in [4.78, 5) is 0. The summed E-state index contributed by atoms with van der Waals surface area (Å²) < 4.78 is 24.3. The summed E-state index contributed by atoms with van der Waals surface area (Å²) in [6.07, 6.45) is 1.20. The summed E-state index contributed by atoms with van der Waals surface area (Å²) in [5, 5.41) is 3.39. The number of hydrogen-bond acceptors (Lipinski definition) is 1. The Bertz CT molecular complexity index is 198. The fraction of sp³-hybridized carbons (Fsp3) is 0.250. The number of rotatable bonds is 1. The van der Waals surface area contributed by atoms with Gasteiger partial charge < -0.3 is 0 Å². The smallest absolute Gasteiger partial charge is 0.211 e. The molecule has 0 aliphatic heterocycles. The summed E-state index contributed by atoms with van der Waals surface area (Å²) >= 11 is 2.94. The predicted octanol–water partition coefficient (Wildman–Crippen LogP) is 2.04. The molecule has 0 spiro atoms. The van der Waals surface area contributed by atoms with Gasteiger partial charge in [0, 0.05) is 6.20 Å². The van der Waals surface area contributed by atoms with Crippen LogP contribution in [-0.4, -0.2) is 9.78 Å². The van der Waals surface area contributed by atoms with E-state index in [2.05, 4.69) is 21.0 Å². The highest BCUT2D eigenvalue weighted by atomic mass is 79.9. The fourth-order valence-corrected chi connectivity index (χ4v) is 0.725. The second-order valence-corrected chi connectivity index (χ2v) is 2.21. The second kappa shape index (κ2) is 2.43. The molecule has 0 N–H and O–H groups in total. The third-order valence-electron chi connectivity index (χ3n) is 0.776. The maximum Gasteiger partial charge on any atom is 0.333 e. The molecule has 0 saturated carbocycles. The Balaban J connectivity index is 2.85. The molecular formula is C4H3BrF2N2. The Morgan fingerprint density at radius 1 is 1.67 bits per heavy atom. The van der Waals surface area contributed by atoms with Crippen LogP contribution in [0.1, 0.15) is 6.55 Å². The quantitative estimate of drug-likeness (QED) is 0.673. The standard InChI is InChI=1S/C4H3BrF2N2/c5-3-1-2-9(8-3)4(6)7/h1-2,4H. The van der Waals surface area contributed by atoms with Gasteiger partial charge in [-0.15, -0.1) is 0 Å². The van der Waals surface area contributed by atoms with Gasteiger partial charge >= 0.3 is 6.55 Å². The van der Waals surface area contributed by atoms with Gasteiger partial charge in [-0.05, 0) is 22.0 Å². The van der Waals surface area contributed by atoms with Gasteiger partial charge in [-0.25, -0.2) is 4.68 Å². The lowest BCUT2D eigenvalue weighted by atomic mass is 10.8. The topological polar surface area (TPSA) is 17.8 Å². The highest BCUT2D eigenvalue weighted by Crippen LogP contribution is 2.11. The van der Waals surface area contributed by atoms with Gasteiger partial charge in [0.1, 0.15) is 4.60 Å². The zero-order valence-corrected chi connectivity index (χ0v) is 5.85. The maximum absolute atomic E-state index is 11.7. The largest absolute Gasteiger partial charge is 0.333 e. The molecule has 0 radical (unpaired) electrons. The first-order valence-corrected chi connectivity index (χ1v) is 2.98. The number of nitrogens with zero attached hydrogens (tertiary/aromatic N) is 2. The summed E-state index contributed by atoms with van der Waals surface area (Å²) in [7, 11) is 0. The van der Waals surface area contributed by atoms with Crippen LogP contribution < -0.4 is 0 Å². The molecule has 9 heavy (non-hydrogen) atoms. The molecular weight excluding hydrogens is 194 g/mol. The predicted molar refractivity (Wildman–Crippen MR) is 31.2 cm³/mol. The maximum atomic E-state index is 11.7. The molecule has 50 valence electrons. The van der Waals surface area contributed by atoms with Crippen molar-refractivity contribution < 1.29 is 8.78 Å². The number of aromatic nitrogens is 2. The lowest BCUT2D eigenvalue weighted by Crippen LogP contribution is -1.97. The number of alkyl halides is 2. The molecule has 0 unspecified atom stereocenters. The second-order valence-electron chi connectivity index (χ2n) is 1.40. The van der Waals surface area contributed by atoms with E-state index in [0.29, 0.717) is 9.28 Å². The molecule has 0 aromatic carbocycles. The van der Waals surface area contributed by atoms with Crippen LogP contribution in [0.3, 0.4) is 0 Å². The van der Waals surface area contributed by atoms with Crippen LogP contribution in [0.4, 0.5) is 8.78 Å². The molecule has 1 aromatic rings. The molecule has 0 bridgehead atoms. The van der Waals surface area contributed by atoms with Crippen molar-refractivity contribution in [3.8, 4) is 0 Å². The van der Waals surface area contributed by atoms with Crippen molar-refractivity contribution in [2.45, 2.75) is 6.55 Å². The highest BCUT2D eigenvalue weighted by molar-refractivity contribution is 9.10. The van der Waals surface area contributed by atoms with Crippen molar-refractivity contribution in [1.82, 2.24) is 9.78 Å². The zero-order valence-electron chi connectivity index (χ0n) is 4.26. The summed E-state index contributed by atoms with van der Waals surface area (Å²) in [5.41, 5.74) is 0. The Morgan fingerprint density at radius 2 is 2.33 bits per heavy atom. The van der Waals surface area contributed by atoms with Crippen molar-refractivity contribution in [3.05, 3.63) is 16.9 Å². The molecule has 0 amide bonds. The van der Waals surface area contributed by atoms with Gasteiger partial charge in [0.05, 0.1) is 0 Å². The SMILES string of the molecule is FC(F)n1ccc(Br)n1. The molecule has 0 saturated heterocycles. The molecule has 1 rings (SSSR count). The van der Waals surface area contributed by atoms with Gasteiger partial charge in [-0.3, -0.25) is 0 Å². The van der Waals surface area contributed by atoms with E-state index in [9.17, 15) is 8.78 Å².